The molecule has 188 valence electrons. The molecule has 2 aromatic carbocycles. The fraction of sp³-hybridized carbons (Fsp3) is 0.400. The Balaban J connectivity index is 2.03. The van der Waals surface area contributed by atoms with Gasteiger partial charge < -0.3 is 4.90 Å². The predicted molar refractivity (Wildman–Crippen MR) is 136 cm³/mol. The largest absolute Gasteiger partial charge is 0.341 e. The summed E-state index contributed by atoms with van der Waals surface area (Å²) in [6, 6.07) is 12.2. The van der Waals surface area contributed by atoms with Crippen molar-refractivity contribution in [3.05, 3.63) is 74.9 Å². The molecule has 1 heterocycles. The Hall–Kier alpha value is -3.24. The number of amides is 1. The van der Waals surface area contributed by atoms with Gasteiger partial charge in [0.1, 0.15) is 6.04 Å². The van der Waals surface area contributed by atoms with Crippen molar-refractivity contribution >= 4 is 26.8 Å². The van der Waals surface area contributed by atoms with E-state index < -0.39 is 27.3 Å². The van der Waals surface area contributed by atoms with Gasteiger partial charge in [-0.1, -0.05) is 44.2 Å². The van der Waals surface area contributed by atoms with Crippen molar-refractivity contribution in [1.29, 1.82) is 0 Å². The molecule has 0 aliphatic heterocycles. The highest BCUT2D eigenvalue weighted by molar-refractivity contribution is 7.89. The number of hydrogen-bond acceptors (Lipinski definition) is 5. The Kier molecular flexibility index (Phi) is 8.29. The minimum atomic E-state index is -4.17. The number of nitrogens with one attached hydrogen (secondary N) is 1. The summed E-state index contributed by atoms with van der Waals surface area (Å²) in [5.41, 5.74) is 0.0562. The van der Waals surface area contributed by atoms with Gasteiger partial charge in [0.05, 0.1) is 15.8 Å². The summed E-state index contributed by atoms with van der Waals surface area (Å²) in [5.74, 6) is -0.291. The molecule has 9 nitrogen and oxygen atoms in total. The smallest absolute Gasteiger partial charge is 0.330 e. The van der Waals surface area contributed by atoms with Gasteiger partial charge in [-0.3, -0.25) is 18.7 Å². The quantitative estimate of drug-likeness (QED) is 0.456. The molecule has 10 heteroatoms. The topological polar surface area (TPSA) is 110 Å². The molecule has 1 amide bonds. The summed E-state index contributed by atoms with van der Waals surface area (Å²) in [6.07, 6.45) is 1.69. The molecule has 0 radical (unpaired) electrons. The number of rotatable bonds is 10. The summed E-state index contributed by atoms with van der Waals surface area (Å²) in [5, 5.41) is 0.0991. The van der Waals surface area contributed by atoms with Crippen LogP contribution in [0.15, 0.2) is 63.0 Å². The molecule has 0 spiro atoms. The molecule has 0 bridgehead atoms. The van der Waals surface area contributed by atoms with E-state index in [9.17, 15) is 22.8 Å². The number of carbonyl (C=O) groups is 1. The molecule has 0 saturated carbocycles. The maximum Gasteiger partial charge on any atom is 0.330 e. The van der Waals surface area contributed by atoms with E-state index in [2.05, 4.69) is 4.72 Å². The SMILES string of the molecule is CCCN(CCC)C(=O)C(Cc1ccccc1)NS(=O)(=O)c1ccc2c(c1)c(=O)n(C)c(=O)n2C. The molecule has 0 saturated heterocycles. The molecule has 1 unspecified atom stereocenters. The molecule has 35 heavy (non-hydrogen) atoms. The lowest BCUT2D eigenvalue weighted by Crippen LogP contribution is -2.50. The van der Waals surface area contributed by atoms with Crippen molar-refractivity contribution < 1.29 is 13.2 Å². The van der Waals surface area contributed by atoms with Gasteiger partial charge in [-0.05, 0) is 43.0 Å². The summed E-state index contributed by atoms with van der Waals surface area (Å²) < 4.78 is 31.6. The zero-order chi connectivity index (χ0) is 25.8. The first kappa shape index (κ1) is 26.4. The summed E-state index contributed by atoms with van der Waals surface area (Å²) in [7, 11) is -1.31. The van der Waals surface area contributed by atoms with Crippen LogP contribution < -0.4 is 16.0 Å². The summed E-state index contributed by atoms with van der Waals surface area (Å²) in [4.78, 5) is 39.8. The third kappa shape index (κ3) is 5.71. The minimum Gasteiger partial charge on any atom is -0.341 e. The second kappa shape index (κ2) is 11.0. The standard InChI is InChI=1S/C25H32N4O5S/c1-5-14-29(15-6-2)24(31)21(16-18-10-8-7-9-11-18)26-35(33,34)19-12-13-22-20(17-19)23(30)28(4)25(32)27(22)3/h7-13,17,21,26H,5-6,14-16H2,1-4H3. The van der Waals surface area contributed by atoms with Crippen molar-refractivity contribution in [2.75, 3.05) is 13.1 Å². The van der Waals surface area contributed by atoms with Crippen molar-refractivity contribution in [2.45, 2.75) is 44.0 Å². The fourth-order valence-electron chi connectivity index (χ4n) is 4.12. The zero-order valence-electron chi connectivity index (χ0n) is 20.5. The number of benzene rings is 2. The predicted octanol–water partition coefficient (Wildman–Crippen LogP) is 1.78. The number of aryl methyl sites for hydroxylation is 1. The second-order valence-corrected chi connectivity index (χ2v) is 10.3. The van der Waals surface area contributed by atoms with E-state index in [1.807, 2.05) is 44.2 Å². The average molecular weight is 501 g/mol. The third-order valence-electron chi connectivity index (χ3n) is 5.93. The third-order valence-corrected chi connectivity index (χ3v) is 7.39. The van der Waals surface area contributed by atoms with Crippen molar-refractivity contribution in [1.82, 2.24) is 18.8 Å². The van der Waals surface area contributed by atoms with Crippen LogP contribution >= 0.6 is 0 Å². The van der Waals surface area contributed by atoms with Gasteiger partial charge in [0.15, 0.2) is 0 Å². The van der Waals surface area contributed by atoms with Crippen molar-refractivity contribution in [3.8, 4) is 0 Å². The number of nitrogens with zero attached hydrogens (tertiary/aromatic N) is 3. The fourth-order valence-corrected chi connectivity index (χ4v) is 5.33. The number of fused-ring (bicyclic) bond motifs is 1. The maximum absolute atomic E-state index is 13.4. The Morgan fingerprint density at radius 2 is 1.60 bits per heavy atom. The van der Waals surface area contributed by atoms with E-state index >= 15 is 0 Å². The molecule has 1 aromatic heterocycles. The van der Waals surface area contributed by atoms with Crippen LogP contribution in [0.3, 0.4) is 0 Å². The van der Waals surface area contributed by atoms with Gasteiger partial charge in [-0.2, -0.15) is 4.72 Å². The van der Waals surface area contributed by atoms with Crippen LogP contribution in [0.2, 0.25) is 0 Å². The lowest BCUT2D eigenvalue weighted by atomic mass is 10.1. The first-order chi connectivity index (χ1) is 16.6. The van der Waals surface area contributed by atoms with Gasteiger partial charge in [-0.25, -0.2) is 13.2 Å². The van der Waals surface area contributed by atoms with Gasteiger partial charge in [0, 0.05) is 27.2 Å². The first-order valence-corrected chi connectivity index (χ1v) is 13.1. The number of aromatic nitrogens is 2. The molecule has 1 N–H and O–H groups in total. The Morgan fingerprint density at radius 3 is 2.20 bits per heavy atom. The molecule has 0 fully saturated rings. The number of sulfonamides is 1. The lowest BCUT2D eigenvalue weighted by molar-refractivity contribution is -0.133. The van der Waals surface area contributed by atoms with E-state index in [1.165, 1.54) is 36.9 Å². The molecule has 3 rings (SSSR count). The molecular formula is C25H32N4O5S. The van der Waals surface area contributed by atoms with Crippen LogP contribution in [0.25, 0.3) is 10.9 Å². The number of hydrogen-bond donors (Lipinski definition) is 1. The van der Waals surface area contributed by atoms with Gasteiger partial charge in [-0.15, -0.1) is 0 Å². The lowest BCUT2D eigenvalue weighted by Gasteiger charge is -2.27. The Bertz CT molecular complexity index is 1420. The van der Waals surface area contributed by atoms with Crippen LogP contribution in [0.5, 0.6) is 0 Å². The molecule has 3 aromatic rings. The van der Waals surface area contributed by atoms with Crippen molar-refractivity contribution in [3.63, 3.8) is 0 Å². The monoisotopic (exact) mass is 500 g/mol. The van der Waals surface area contributed by atoms with Crippen LogP contribution in [-0.2, 0) is 35.3 Å². The molecule has 1 atom stereocenters. The highest BCUT2D eigenvalue weighted by Crippen LogP contribution is 2.17. The molecule has 0 aliphatic carbocycles. The zero-order valence-corrected chi connectivity index (χ0v) is 21.3. The van der Waals surface area contributed by atoms with E-state index in [-0.39, 0.29) is 22.6 Å². The molecule has 0 aliphatic rings. The van der Waals surface area contributed by atoms with E-state index in [1.54, 1.807) is 4.90 Å². The number of carbonyl (C=O) groups excluding carboxylic acids is 1. The minimum absolute atomic E-state index is 0.0991. The normalized spacial score (nSPS) is 12.6. The van der Waals surface area contributed by atoms with Crippen LogP contribution in [0, 0.1) is 0 Å². The van der Waals surface area contributed by atoms with Crippen LogP contribution in [0.1, 0.15) is 32.3 Å². The van der Waals surface area contributed by atoms with E-state index in [0.717, 1.165) is 23.0 Å². The van der Waals surface area contributed by atoms with Crippen molar-refractivity contribution in [2.24, 2.45) is 14.1 Å². The van der Waals surface area contributed by atoms with E-state index in [4.69, 9.17) is 0 Å². The first-order valence-electron chi connectivity index (χ1n) is 11.7. The summed E-state index contributed by atoms with van der Waals surface area (Å²) >= 11 is 0. The van der Waals surface area contributed by atoms with E-state index in [0.29, 0.717) is 18.6 Å². The Morgan fingerprint density at radius 1 is 0.971 bits per heavy atom. The highest BCUT2D eigenvalue weighted by atomic mass is 32.2. The van der Waals surface area contributed by atoms with Crippen LogP contribution in [0.4, 0.5) is 0 Å². The van der Waals surface area contributed by atoms with Gasteiger partial charge in [0.2, 0.25) is 15.9 Å². The molecular weight excluding hydrogens is 468 g/mol. The Labute approximate surface area is 205 Å². The van der Waals surface area contributed by atoms with Crippen LogP contribution in [-0.4, -0.2) is 47.5 Å². The second-order valence-electron chi connectivity index (χ2n) is 8.57. The van der Waals surface area contributed by atoms with Gasteiger partial charge in [0.25, 0.3) is 5.56 Å². The summed E-state index contributed by atoms with van der Waals surface area (Å²) in [6.45, 7) is 4.99. The average Bonchev–Trinajstić information content (AvgIpc) is 2.85. The maximum atomic E-state index is 13.4. The highest BCUT2D eigenvalue weighted by Gasteiger charge is 2.29. The van der Waals surface area contributed by atoms with Gasteiger partial charge >= 0.3 is 5.69 Å².